The van der Waals surface area contributed by atoms with Crippen LogP contribution in [0.5, 0.6) is 5.75 Å². The van der Waals surface area contributed by atoms with Crippen LogP contribution in [0.3, 0.4) is 0 Å². The summed E-state index contributed by atoms with van der Waals surface area (Å²) in [4.78, 5) is 40.3. The lowest BCUT2D eigenvalue weighted by Crippen LogP contribution is -2.29. The molecule has 1 fully saturated rings. The largest absolute Gasteiger partial charge is 0.507 e. The Morgan fingerprint density at radius 2 is 1.69 bits per heavy atom. The summed E-state index contributed by atoms with van der Waals surface area (Å²) in [6.45, 7) is 3.81. The molecule has 4 rings (SSSR count). The Bertz CT molecular complexity index is 1340. The lowest BCUT2D eigenvalue weighted by atomic mass is 9.94. The predicted molar refractivity (Wildman–Crippen MR) is 131 cm³/mol. The van der Waals surface area contributed by atoms with E-state index in [0.717, 1.165) is 5.56 Å². The summed E-state index contributed by atoms with van der Waals surface area (Å²) in [6.07, 6.45) is 0. The maximum absolute atomic E-state index is 13.3. The molecule has 3 aromatic carbocycles. The van der Waals surface area contributed by atoms with E-state index in [9.17, 15) is 19.5 Å². The molecule has 1 N–H and O–H groups in total. The highest BCUT2D eigenvalue weighted by Gasteiger charge is 2.47. The number of carbonyl (C=O) groups is 3. The Kier molecular flexibility index (Phi) is 6.68. The summed E-state index contributed by atoms with van der Waals surface area (Å²) in [7, 11) is 1.50. The van der Waals surface area contributed by atoms with Gasteiger partial charge in [0.05, 0.1) is 30.9 Å². The lowest BCUT2D eigenvalue weighted by Gasteiger charge is -2.26. The summed E-state index contributed by atoms with van der Waals surface area (Å²) < 4.78 is 10.3. The van der Waals surface area contributed by atoms with Gasteiger partial charge in [-0.1, -0.05) is 48.0 Å². The van der Waals surface area contributed by atoms with Gasteiger partial charge in [-0.05, 0) is 49.7 Å². The van der Waals surface area contributed by atoms with E-state index in [0.29, 0.717) is 22.6 Å². The Hall–Kier alpha value is -4.39. The number of hydrogen-bond acceptors (Lipinski definition) is 6. The first kappa shape index (κ1) is 23.8. The number of carbonyl (C=O) groups excluding carboxylic acids is 3. The number of nitrogens with zero attached hydrogens (tertiary/aromatic N) is 1. The Labute approximate surface area is 203 Å². The molecule has 0 saturated carbocycles. The van der Waals surface area contributed by atoms with Crippen LogP contribution in [0.4, 0.5) is 5.69 Å². The molecule has 1 aliphatic rings. The Morgan fingerprint density at radius 1 is 0.971 bits per heavy atom. The minimum Gasteiger partial charge on any atom is -0.507 e. The number of esters is 1. The van der Waals surface area contributed by atoms with Crippen molar-refractivity contribution in [1.82, 2.24) is 0 Å². The SMILES string of the molecule is CCOC(=O)c1cccc(N2C(=O)C(=O)/C(=C(/O)c3cccc(OC)c3)C2c2cccc(C)c2)c1. The van der Waals surface area contributed by atoms with Gasteiger partial charge in [0.15, 0.2) is 0 Å². The van der Waals surface area contributed by atoms with Crippen LogP contribution >= 0.6 is 0 Å². The van der Waals surface area contributed by atoms with Crippen molar-refractivity contribution in [2.24, 2.45) is 0 Å². The highest BCUT2D eigenvalue weighted by molar-refractivity contribution is 6.51. The molecule has 0 aliphatic carbocycles. The van der Waals surface area contributed by atoms with Crippen molar-refractivity contribution in [3.63, 3.8) is 0 Å². The molecule has 7 heteroatoms. The first-order chi connectivity index (χ1) is 16.8. The number of aliphatic hydroxyl groups excluding tert-OH is 1. The number of hydrogen-bond donors (Lipinski definition) is 1. The topological polar surface area (TPSA) is 93.1 Å². The minimum atomic E-state index is -0.904. The van der Waals surface area contributed by atoms with Crippen LogP contribution < -0.4 is 9.64 Å². The van der Waals surface area contributed by atoms with Crippen LogP contribution in [0.25, 0.3) is 5.76 Å². The third-order valence-corrected chi connectivity index (χ3v) is 5.78. The van der Waals surface area contributed by atoms with E-state index in [1.807, 2.05) is 25.1 Å². The average Bonchev–Trinajstić information content (AvgIpc) is 3.14. The molecule has 35 heavy (non-hydrogen) atoms. The molecule has 0 spiro atoms. The first-order valence-electron chi connectivity index (χ1n) is 11.1. The van der Waals surface area contributed by atoms with Gasteiger partial charge in [0.25, 0.3) is 11.7 Å². The second-order valence-corrected chi connectivity index (χ2v) is 8.09. The van der Waals surface area contributed by atoms with E-state index in [1.54, 1.807) is 55.5 Å². The van der Waals surface area contributed by atoms with E-state index in [-0.39, 0.29) is 23.5 Å². The number of rotatable bonds is 6. The van der Waals surface area contributed by atoms with E-state index < -0.39 is 23.7 Å². The number of Topliss-reactive ketones (excluding diaryl/α,β-unsaturated/α-hetero) is 1. The number of ether oxygens (including phenoxy) is 2. The Morgan fingerprint density at radius 3 is 2.40 bits per heavy atom. The number of methoxy groups -OCH3 is 1. The van der Waals surface area contributed by atoms with E-state index in [2.05, 4.69) is 0 Å². The molecule has 0 radical (unpaired) electrons. The number of aliphatic hydroxyl groups is 1. The molecule has 3 aromatic rings. The van der Waals surface area contributed by atoms with E-state index in [1.165, 1.54) is 18.1 Å². The van der Waals surface area contributed by atoms with Gasteiger partial charge in [0.2, 0.25) is 0 Å². The maximum Gasteiger partial charge on any atom is 0.338 e. The van der Waals surface area contributed by atoms with Gasteiger partial charge >= 0.3 is 5.97 Å². The summed E-state index contributed by atoms with van der Waals surface area (Å²) >= 11 is 0. The molecule has 7 nitrogen and oxygen atoms in total. The average molecular weight is 472 g/mol. The molecule has 1 saturated heterocycles. The van der Waals surface area contributed by atoms with Crippen LogP contribution in [0.15, 0.2) is 78.4 Å². The fourth-order valence-corrected chi connectivity index (χ4v) is 4.18. The van der Waals surface area contributed by atoms with Gasteiger partial charge in [-0.3, -0.25) is 14.5 Å². The molecule has 178 valence electrons. The van der Waals surface area contributed by atoms with Crippen LogP contribution in [0.1, 0.15) is 40.0 Å². The highest BCUT2D eigenvalue weighted by atomic mass is 16.5. The van der Waals surface area contributed by atoms with Crippen molar-refractivity contribution in [2.75, 3.05) is 18.6 Å². The van der Waals surface area contributed by atoms with Crippen molar-refractivity contribution in [3.8, 4) is 5.75 Å². The van der Waals surface area contributed by atoms with Gasteiger partial charge in [-0.15, -0.1) is 0 Å². The van der Waals surface area contributed by atoms with Crippen molar-refractivity contribution in [3.05, 3.63) is 101 Å². The van der Waals surface area contributed by atoms with E-state index >= 15 is 0 Å². The maximum atomic E-state index is 13.3. The van der Waals surface area contributed by atoms with Gasteiger partial charge in [0.1, 0.15) is 11.5 Å². The number of ketones is 1. The fourth-order valence-electron chi connectivity index (χ4n) is 4.18. The van der Waals surface area contributed by atoms with Crippen molar-refractivity contribution in [2.45, 2.75) is 19.9 Å². The fraction of sp³-hybridized carbons (Fsp3) is 0.179. The predicted octanol–water partition coefficient (Wildman–Crippen LogP) is 4.81. The third-order valence-electron chi connectivity index (χ3n) is 5.78. The zero-order valence-corrected chi connectivity index (χ0v) is 19.6. The first-order valence-corrected chi connectivity index (χ1v) is 11.1. The summed E-state index contributed by atoms with van der Waals surface area (Å²) in [5, 5.41) is 11.3. The highest BCUT2D eigenvalue weighted by Crippen LogP contribution is 2.42. The van der Waals surface area contributed by atoms with E-state index in [4.69, 9.17) is 9.47 Å². The second-order valence-electron chi connectivity index (χ2n) is 8.09. The quantitative estimate of drug-likeness (QED) is 0.240. The van der Waals surface area contributed by atoms with Gasteiger partial charge < -0.3 is 14.6 Å². The molecule has 0 bridgehead atoms. The monoisotopic (exact) mass is 471 g/mol. The zero-order valence-electron chi connectivity index (χ0n) is 19.6. The zero-order chi connectivity index (χ0) is 25.1. The molecule has 1 amide bonds. The molecular formula is C28H25NO6. The Balaban J connectivity index is 1.92. The van der Waals surface area contributed by atoms with Crippen LogP contribution in [-0.4, -0.2) is 36.5 Å². The van der Waals surface area contributed by atoms with Crippen LogP contribution in [0, 0.1) is 6.92 Å². The lowest BCUT2D eigenvalue weighted by molar-refractivity contribution is -0.132. The summed E-state index contributed by atoms with van der Waals surface area (Å²) in [6, 6.07) is 19.5. The normalized spacial score (nSPS) is 16.9. The smallest absolute Gasteiger partial charge is 0.338 e. The number of anilines is 1. The van der Waals surface area contributed by atoms with Gasteiger partial charge in [-0.2, -0.15) is 0 Å². The van der Waals surface area contributed by atoms with Crippen molar-refractivity contribution >= 4 is 29.1 Å². The summed E-state index contributed by atoms with van der Waals surface area (Å²) in [5.74, 6) is -1.97. The minimum absolute atomic E-state index is 0.0459. The summed E-state index contributed by atoms with van der Waals surface area (Å²) in [5.41, 5.74) is 2.47. The molecule has 1 aliphatic heterocycles. The second kappa shape index (κ2) is 9.85. The molecular weight excluding hydrogens is 446 g/mol. The molecule has 0 aromatic heterocycles. The van der Waals surface area contributed by atoms with Crippen LogP contribution in [0.2, 0.25) is 0 Å². The standard InChI is InChI=1S/C28H25NO6/c1-4-35-28(33)20-11-6-12-21(15-20)29-24(18-9-5-8-17(2)14-18)23(26(31)27(29)32)25(30)19-10-7-13-22(16-19)34-3/h5-16,24,30H,4H2,1-3H3/b25-23+. The number of aryl methyl sites for hydroxylation is 1. The number of amides is 1. The van der Waals surface area contributed by atoms with Crippen molar-refractivity contribution < 1.29 is 29.0 Å². The molecule has 1 heterocycles. The molecule has 1 atom stereocenters. The number of benzene rings is 3. The van der Waals surface area contributed by atoms with Crippen molar-refractivity contribution in [1.29, 1.82) is 0 Å². The van der Waals surface area contributed by atoms with Crippen LogP contribution in [-0.2, 0) is 14.3 Å². The molecule has 1 unspecified atom stereocenters. The van der Waals surface area contributed by atoms with Gasteiger partial charge in [-0.25, -0.2) is 4.79 Å². The third kappa shape index (κ3) is 4.53. The van der Waals surface area contributed by atoms with Gasteiger partial charge in [0, 0.05) is 11.3 Å².